The lowest BCUT2D eigenvalue weighted by molar-refractivity contribution is 0.418. The number of hydrogen-bond donors (Lipinski definition) is 1. The molecule has 0 radical (unpaired) electrons. The second kappa shape index (κ2) is 6.42. The number of nitrogens with zero attached hydrogens (tertiary/aromatic N) is 3. The van der Waals surface area contributed by atoms with Crippen molar-refractivity contribution in [2.75, 3.05) is 5.73 Å². The second-order valence-corrected chi connectivity index (χ2v) is 5.13. The van der Waals surface area contributed by atoms with E-state index < -0.39 is 5.82 Å². The predicted molar refractivity (Wildman–Crippen MR) is 90.5 cm³/mol. The van der Waals surface area contributed by atoms with E-state index in [9.17, 15) is 4.39 Å². The number of aryl methyl sites for hydroxylation is 1. The van der Waals surface area contributed by atoms with Crippen molar-refractivity contribution in [1.29, 1.82) is 0 Å². The highest BCUT2D eigenvalue weighted by Crippen LogP contribution is 2.31. The van der Waals surface area contributed by atoms with Gasteiger partial charge in [0.05, 0.1) is 18.0 Å². The Bertz CT molecular complexity index is 927. The third-order valence-corrected chi connectivity index (χ3v) is 3.50. The molecule has 120 valence electrons. The first kappa shape index (κ1) is 15.6. The zero-order valence-electron chi connectivity index (χ0n) is 13.0. The van der Waals surface area contributed by atoms with Crippen LogP contribution in [0.15, 0.2) is 48.5 Å². The monoisotopic (exact) mass is 322 g/mol. The van der Waals surface area contributed by atoms with E-state index in [1.54, 1.807) is 22.9 Å². The molecule has 0 spiro atoms. The van der Waals surface area contributed by atoms with Crippen LogP contribution in [0.1, 0.15) is 6.92 Å². The maximum absolute atomic E-state index is 13.2. The van der Waals surface area contributed by atoms with Crippen molar-refractivity contribution in [3.8, 4) is 22.9 Å². The largest absolute Gasteiger partial charge is 0.437 e. The van der Waals surface area contributed by atoms with Gasteiger partial charge in [0, 0.05) is 18.7 Å². The molecular weight excluding hydrogens is 307 g/mol. The van der Waals surface area contributed by atoms with E-state index in [4.69, 9.17) is 17.0 Å². The van der Waals surface area contributed by atoms with Crippen LogP contribution in [-0.4, -0.2) is 9.78 Å². The molecule has 5 nitrogen and oxygen atoms in total. The molecule has 3 aromatic rings. The number of nitrogen functional groups attached to an aromatic ring is 1. The van der Waals surface area contributed by atoms with Crippen LogP contribution in [0.3, 0.4) is 0 Å². The zero-order chi connectivity index (χ0) is 17.1. The van der Waals surface area contributed by atoms with Crippen LogP contribution in [0.2, 0.25) is 0 Å². The van der Waals surface area contributed by atoms with Gasteiger partial charge in [-0.1, -0.05) is 18.2 Å². The average molecular weight is 322 g/mol. The Morgan fingerprint density at radius 2 is 2.08 bits per heavy atom. The van der Waals surface area contributed by atoms with E-state index in [2.05, 4.69) is 9.94 Å². The molecule has 0 aliphatic heterocycles. The number of hydrogen-bond acceptors (Lipinski definition) is 3. The standard InChI is InChI=1S/C18H15FN4O/c1-3-23-18(24-17-8-7-13(19)10-15(17)20)11-16(22-23)12-5-4-6-14(9-12)21-2/h4-11H,3,20H2,1H3. The summed E-state index contributed by atoms with van der Waals surface area (Å²) in [5.41, 5.74) is 8.07. The Labute approximate surface area is 138 Å². The lowest BCUT2D eigenvalue weighted by atomic mass is 10.1. The van der Waals surface area contributed by atoms with E-state index in [1.165, 1.54) is 18.2 Å². The summed E-state index contributed by atoms with van der Waals surface area (Å²) in [6, 6.07) is 13.0. The highest BCUT2D eigenvalue weighted by atomic mass is 19.1. The van der Waals surface area contributed by atoms with Crippen LogP contribution in [0, 0.1) is 12.4 Å². The zero-order valence-corrected chi connectivity index (χ0v) is 13.0. The van der Waals surface area contributed by atoms with Crippen molar-refractivity contribution in [3.63, 3.8) is 0 Å². The maximum Gasteiger partial charge on any atom is 0.218 e. The molecule has 0 aliphatic rings. The smallest absolute Gasteiger partial charge is 0.218 e. The summed E-state index contributed by atoms with van der Waals surface area (Å²) < 4.78 is 20.6. The second-order valence-electron chi connectivity index (χ2n) is 5.13. The van der Waals surface area contributed by atoms with Crippen LogP contribution in [0.5, 0.6) is 11.6 Å². The minimum atomic E-state index is -0.416. The summed E-state index contributed by atoms with van der Waals surface area (Å²) in [6.07, 6.45) is 0. The normalized spacial score (nSPS) is 10.4. The molecule has 0 atom stereocenters. The minimum absolute atomic E-state index is 0.218. The first-order valence-corrected chi connectivity index (χ1v) is 7.39. The Balaban J connectivity index is 1.97. The molecule has 0 bridgehead atoms. The fourth-order valence-electron chi connectivity index (χ4n) is 2.31. The van der Waals surface area contributed by atoms with Gasteiger partial charge in [-0.2, -0.15) is 5.10 Å². The van der Waals surface area contributed by atoms with Crippen LogP contribution in [0.25, 0.3) is 16.1 Å². The molecule has 0 fully saturated rings. The Morgan fingerprint density at radius 1 is 1.25 bits per heavy atom. The van der Waals surface area contributed by atoms with Gasteiger partial charge in [-0.3, -0.25) is 0 Å². The van der Waals surface area contributed by atoms with Crippen LogP contribution in [-0.2, 0) is 6.54 Å². The lowest BCUT2D eigenvalue weighted by Crippen LogP contribution is -2.01. The van der Waals surface area contributed by atoms with E-state index in [0.29, 0.717) is 29.6 Å². The third-order valence-electron chi connectivity index (χ3n) is 3.50. The Morgan fingerprint density at radius 3 is 2.79 bits per heavy atom. The SMILES string of the molecule is [C-]#[N+]c1cccc(-c2cc(Oc3ccc(F)cc3N)n(CC)n2)c1. The molecule has 0 amide bonds. The molecule has 2 aromatic carbocycles. The number of aromatic nitrogens is 2. The number of nitrogens with two attached hydrogens (primary N) is 1. The Kier molecular flexibility index (Phi) is 4.17. The molecule has 0 unspecified atom stereocenters. The molecular formula is C18H15FN4O. The molecule has 0 saturated heterocycles. The average Bonchev–Trinajstić information content (AvgIpc) is 3.00. The summed E-state index contributed by atoms with van der Waals surface area (Å²) in [4.78, 5) is 3.43. The number of benzene rings is 2. The third kappa shape index (κ3) is 3.06. The van der Waals surface area contributed by atoms with Gasteiger partial charge in [-0.15, -0.1) is 0 Å². The molecule has 0 aliphatic carbocycles. The van der Waals surface area contributed by atoms with Crippen LogP contribution in [0.4, 0.5) is 15.8 Å². The summed E-state index contributed by atoms with van der Waals surface area (Å²) in [5, 5.41) is 4.49. The first-order valence-electron chi connectivity index (χ1n) is 7.39. The number of ether oxygens (including phenoxy) is 1. The predicted octanol–water partition coefficient (Wildman–Crippen LogP) is 4.63. The Hall–Kier alpha value is -3.33. The van der Waals surface area contributed by atoms with Gasteiger partial charge >= 0.3 is 0 Å². The molecule has 3 rings (SSSR count). The van der Waals surface area contributed by atoms with E-state index in [-0.39, 0.29) is 5.69 Å². The molecule has 0 saturated carbocycles. The fourth-order valence-corrected chi connectivity index (χ4v) is 2.31. The van der Waals surface area contributed by atoms with E-state index >= 15 is 0 Å². The van der Waals surface area contributed by atoms with Gasteiger partial charge in [0.1, 0.15) is 5.82 Å². The molecule has 24 heavy (non-hydrogen) atoms. The fraction of sp³-hybridized carbons (Fsp3) is 0.111. The number of halogens is 1. The highest BCUT2D eigenvalue weighted by molar-refractivity contribution is 5.66. The van der Waals surface area contributed by atoms with Crippen molar-refractivity contribution in [1.82, 2.24) is 9.78 Å². The summed E-state index contributed by atoms with van der Waals surface area (Å²) >= 11 is 0. The minimum Gasteiger partial charge on any atom is -0.437 e. The molecule has 1 aromatic heterocycles. The quantitative estimate of drug-likeness (QED) is 0.562. The van der Waals surface area contributed by atoms with Crippen molar-refractivity contribution < 1.29 is 9.13 Å². The van der Waals surface area contributed by atoms with Crippen molar-refractivity contribution in [3.05, 3.63) is 65.8 Å². The van der Waals surface area contributed by atoms with E-state index in [1.807, 2.05) is 19.1 Å². The van der Waals surface area contributed by atoms with Crippen molar-refractivity contribution in [2.24, 2.45) is 0 Å². The van der Waals surface area contributed by atoms with Gasteiger partial charge in [0.2, 0.25) is 5.88 Å². The highest BCUT2D eigenvalue weighted by Gasteiger charge is 2.12. The summed E-state index contributed by atoms with van der Waals surface area (Å²) in [7, 11) is 0. The van der Waals surface area contributed by atoms with Crippen LogP contribution < -0.4 is 10.5 Å². The van der Waals surface area contributed by atoms with E-state index in [0.717, 1.165) is 5.56 Å². The van der Waals surface area contributed by atoms with Crippen LogP contribution >= 0.6 is 0 Å². The number of anilines is 1. The summed E-state index contributed by atoms with van der Waals surface area (Å²) in [5.74, 6) is 0.451. The van der Waals surface area contributed by atoms with Crippen molar-refractivity contribution in [2.45, 2.75) is 13.5 Å². The van der Waals surface area contributed by atoms with Gasteiger partial charge in [0.15, 0.2) is 11.4 Å². The molecule has 6 heteroatoms. The van der Waals surface area contributed by atoms with Gasteiger partial charge in [0.25, 0.3) is 0 Å². The van der Waals surface area contributed by atoms with Crippen molar-refractivity contribution >= 4 is 11.4 Å². The lowest BCUT2D eigenvalue weighted by Gasteiger charge is -2.09. The molecule has 2 N–H and O–H groups in total. The van der Waals surface area contributed by atoms with Gasteiger partial charge in [-0.25, -0.2) is 13.9 Å². The number of rotatable bonds is 4. The first-order chi connectivity index (χ1) is 11.6. The molecule has 1 heterocycles. The van der Waals surface area contributed by atoms with Gasteiger partial charge in [-0.05, 0) is 30.7 Å². The van der Waals surface area contributed by atoms with Gasteiger partial charge < -0.3 is 10.5 Å². The summed E-state index contributed by atoms with van der Waals surface area (Å²) in [6.45, 7) is 9.64. The maximum atomic E-state index is 13.2. The topological polar surface area (TPSA) is 57.4 Å².